The van der Waals surface area contributed by atoms with Gasteiger partial charge in [-0.1, -0.05) is 18.2 Å². The Bertz CT molecular complexity index is 4700. The lowest BCUT2D eigenvalue weighted by Crippen LogP contribution is -2.61. The summed E-state index contributed by atoms with van der Waals surface area (Å²) in [5.41, 5.74) is 20.9. The molecular weight excluding hydrogens is 1570 g/mol. The van der Waals surface area contributed by atoms with Crippen LogP contribution in [0.4, 0.5) is 22.7 Å². The van der Waals surface area contributed by atoms with E-state index in [4.69, 9.17) is 39.2 Å². The third-order valence-corrected chi connectivity index (χ3v) is 18.5. The number of amides is 12. The maximum absolute atomic E-state index is 14.5. The molecule has 4 aromatic rings. The Morgan fingerprint density at radius 1 is 0.546 bits per heavy atom. The van der Waals surface area contributed by atoms with Crippen molar-refractivity contribution in [3.05, 3.63) is 124 Å². The zero-order valence-corrected chi connectivity index (χ0v) is 67.1. The molecule has 0 spiro atoms. The number of carboxylic acids is 1. The molecule has 2 aliphatic rings. The van der Waals surface area contributed by atoms with E-state index in [0.29, 0.717) is 34.3 Å². The standard InChI is InChI=1S/C78H102N20O20S/c1-41(88-75(115)68(43(3)101)94-72(112)58(89-44(4)102)28-29-62(79)105)69(109)90-57(12-9-32-85-77(80)81)70(110)91-56(11-7-8-31-83-63(106)30-15-45-13-16-46(17-14-45)95-96-47-18-20-48(21-19-47)97(5)6)71(111)92-59(40-99)73(113)93-67(42(2)100)74(114)87-39-65(108)86-38-64(107)84-33-10-34-98(78(82)119)49-22-25-52(55(35-49)76(116)117)66-53-26-23-50(103)36-60(53)118-61-37-51(104)24-27-54(61)66/h13-14,16-27,35-37,41-43,56-59,67-68,99-101,103H,7-12,15,28-34,38-40H2,1-6H3,(H2,79,105)(H2,82,119)(H,83,106)(H,84,107)(H,86,108)(H,87,114)(H,88,115)(H,89,102)(H,90,109)(H,91,110)(H,92,111)(H,93,113)(H,94,112)(H,116,117)(H4,80,81,85)/t41-,42+,43+,56-,57-,58-,59-,67-,68-/m0/s1. The van der Waals surface area contributed by atoms with Crippen molar-refractivity contribution < 1.29 is 92.3 Å². The number of anilines is 2. The first-order valence-electron chi connectivity index (χ1n) is 37.9. The number of aliphatic hydroxyl groups is 3. The number of nitrogens with one attached hydrogen (secondary N) is 13. The van der Waals surface area contributed by atoms with Gasteiger partial charge < -0.3 is 121 Å². The molecule has 1 aliphatic carbocycles. The number of nitrogens with zero attached hydrogens (tertiary/aromatic N) is 4. The summed E-state index contributed by atoms with van der Waals surface area (Å²) in [6.07, 6.45) is -3.47. The number of benzene rings is 5. The number of azo groups is 1. The zero-order valence-electron chi connectivity index (χ0n) is 66.3. The Kier molecular flexibility index (Phi) is 36.9. The highest BCUT2D eigenvalue weighted by atomic mass is 32.1. The number of nitrogens with two attached hydrogens (primary N) is 3. The van der Waals surface area contributed by atoms with Gasteiger partial charge in [-0.3, -0.25) is 67.7 Å². The number of primary amides is 1. The average molecular weight is 1670 g/mol. The van der Waals surface area contributed by atoms with Crippen molar-refractivity contribution >= 4 is 134 Å². The first-order valence-corrected chi connectivity index (χ1v) is 38.3. The molecule has 6 rings (SSSR count). The van der Waals surface area contributed by atoms with E-state index in [1.165, 1.54) is 54.3 Å². The number of guanidine groups is 1. The molecule has 0 saturated carbocycles. The van der Waals surface area contributed by atoms with Crippen LogP contribution in [0, 0.1) is 5.41 Å². The molecule has 119 heavy (non-hydrogen) atoms. The fourth-order valence-electron chi connectivity index (χ4n) is 12.0. The number of hydrogen-bond acceptors (Lipinski definition) is 24. The number of rotatable bonds is 46. The molecular formula is C78H102N20O20S. The number of aryl methyl sites for hydroxylation is 1. The molecule has 41 heteroatoms. The van der Waals surface area contributed by atoms with Crippen LogP contribution < -0.4 is 96.2 Å². The second kappa shape index (κ2) is 46.5. The second-order valence-corrected chi connectivity index (χ2v) is 28.4. The molecule has 9 atom stereocenters. The van der Waals surface area contributed by atoms with Gasteiger partial charge in [-0.2, -0.15) is 10.2 Å². The maximum Gasteiger partial charge on any atom is 0.336 e. The van der Waals surface area contributed by atoms with Crippen LogP contribution in [0.25, 0.3) is 33.4 Å². The quantitative estimate of drug-likeness (QED) is 0.00537. The predicted molar refractivity (Wildman–Crippen MR) is 440 cm³/mol. The number of aliphatic hydroxyl groups excluding tert-OH is 3. The maximum atomic E-state index is 14.5. The number of unbranched alkanes of at least 4 members (excludes halogenated alkanes) is 1. The smallest absolute Gasteiger partial charge is 0.336 e. The Labute approximate surface area is 688 Å². The van der Waals surface area contributed by atoms with E-state index in [-0.39, 0.29) is 134 Å². The van der Waals surface area contributed by atoms with Crippen molar-refractivity contribution in [2.24, 2.45) is 27.4 Å². The lowest BCUT2D eigenvalue weighted by atomic mass is 9.90. The highest BCUT2D eigenvalue weighted by molar-refractivity contribution is 7.80. The van der Waals surface area contributed by atoms with Gasteiger partial charge in [-0.15, -0.1) is 0 Å². The molecule has 0 aromatic heterocycles. The molecule has 40 nitrogen and oxygen atoms in total. The number of carbonyl (C=O) groups is 13. The van der Waals surface area contributed by atoms with Gasteiger partial charge >= 0.3 is 5.97 Å². The number of hydrogen-bond donors (Lipinski definition) is 21. The van der Waals surface area contributed by atoms with E-state index in [1.807, 2.05) is 55.4 Å². The van der Waals surface area contributed by atoms with Crippen LogP contribution in [-0.4, -0.2) is 228 Å². The monoisotopic (exact) mass is 1670 g/mol. The second-order valence-electron chi connectivity index (χ2n) is 28.0. The minimum atomic E-state index is -1.91. The van der Waals surface area contributed by atoms with Gasteiger partial charge in [0.2, 0.25) is 70.9 Å². The van der Waals surface area contributed by atoms with Crippen molar-refractivity contribution in [3.63, 3.8) is 0 Å². The Balaban J connectivity index is 1.07. The highest BCUT2D eigenvalue weighted by Crippen LogP contribution is 2.43. The number of aromatic carboxylic acids is 1. The summed E-state index contributed by atoms with van der Waals surface area (Å²) >= 11 is 5.33. The van der Waals surface area contributed by atoms with Crippen molar-refractivity contribution in [2.75, 3.05) is 69.8 Å². The average Bonchev–Trinajstić information content (AvgIpc) is 0.745. The lowest BCUT2D eigenvalue weighted by Gasteiger charge is -2.27. The molecule has 24 N–H and O–H groups in total. The van der Waals surface area contributed by atoms with Crippen LogP contribution in [0.5, 0.6) is 5.75 Å². The Hall–Kier alpha value is -13.3. The largest absolute Gasteiger partial charge is 0.508 e. The molecule has 0 saturated heterocycles. The Morgan fingerprint density at radius 2 is 1.08 bits per heavy atom. The van der Waals surface area contributed by atoms with E-state index < -0.39 is 151 Å². The van der Waals surface area contributed by atoms with E-state index >= 15 is 0 Å². The number of phenols is 1. The molecule has 1 aliphatic heterocycles. The number of fused-ring (bicyclic) bond motifs is 2. The third kappa shape index (κ3) is 30.4. The van der Waals surface area contributed by atoms with Crippen molar-refractivity contribution in [3.8, 4) is 28.2 Å². The zero-order chi connectivity index (χ0) is 87.7. The number of thiocarbonyl (C=S) groups is 1. The number of phenolic OH excluding ortho intramolecular Hbond substituents is 1. The molecule has 12 amide bonds. The molecule has 4 aromatic carbocycles. The minimum absolute atomic E-state index is 0.0126. The van der Waals surface area contributed by atoms with Gasteiger partial charge in [0.05, 0.1) is 48.8 Å². The van der Waals surface area contributed by atoms with Gasteiger partial charge in [-0.25, -0.2) is 4.79 Å². The van der Waals surface area contributed by atoms with Crippen LogP contribution in [0.15, 0.2) is 123 Å². The lowest BCUT2D eigenvalue weighted by molar-refractivity contribution is -0.137. The number of carbonyl (C=O) groups excluding carboxylic acids is 12. The van der Waals surface area contributed by atoms with Gasteiger partial charge in [0.15, 0.2) is 16.5 Å². The Morgan fingerprint density at radius 3 is 1.68 bits per heavy atom. The SMILES string of the molecule is CC(=O)N[C@@H](CCC(N)=O)C(=O)N[C@H](C(=O)N[C@@H](C)C(=O)N[C@@H](CCCNC(=N)N)C(=O)N[C@@H](CCCCNC(=O)CCc1ccc(N=Nc2ccc(N(C)C)cc2)cc1)C(=O)N[C@@H](CO)C(=O)N[C@H](C(=O)NCC(=O)NCC(=O)NCCCN(C(N)=S)c1ccc(-c2c3ccc(=O)cc-3oc3cc(O)ccc23)c(C(=O)O)c1)[C@@H](C)O)[C@@H](C)O. The molecule has 0 fully saturated rings. The van der Waals surface area contributed by atoms with Crippen LogP contribution in [0.1, 0.15) is 101 Å². The van der Waals surface area contributed by atoms with Gasteiger partial charge in [0.25, 0.3) is 0 Å². The topological polar surface area (TPSA) is 631 Å². The fourth-order valence-corrected chi connectivity index (χ4v) is 12.2. The van der Waals surface area contributed by atoms with Crippen molar-refractivity contribution in [2.45, 2.75) is 146 Å². The molecule has 1 heterocycles. The van der Waals surface area contributed by atoms with Gasteiger partial charge in [-0.05, 0) is 168 Å². The van der Waals surface area contributed by atoms with Gasteiger partial charge in [0, 0.05) is 100 Å². The summed E-state index contributed by atoms with van der Waals surface area (Å²) in [6, 6.07) is 15.9. The van der Waals surface area contributed by atoms with Gasteiger partial charge in [0.1, 0.15) is 59.4 Å². The van der Waals surface area contributed by atoms with Crippen molar-refractivity contribution in [1.82, 2.24) is 63.8 Å². The first-order chi connectivity index (χ1) is 56.4. The summed E-state index contributed by atoms with van der Waals surface area (Å²) in [5, 5.41) is 98.1. The predicted octanol–water partition coefficient (Wildman–Crippen LogP) is -1.13. The van der Waals surface area contributed by atoms with Crippen LogP contribution in [0.2, 0.25) is 0 Å². The molecule has 0 radical (unpaired) electrons. The third-order valence-electron chi connectivity index (χ3n) is 18.3. The van der Waals surface area contributed by atoms with Crippen LogP contribution in [-0.2, 0) is 64.0 Å². The summed E-state index contributed by atoms with van der Waals surface area (Å²) in [5.74, 6) is -12.8. The normalized spacial score (nSPS) is 13.4. The first kappa shape index (κ1) is 94.6. The fraction of sp³-hybridized carbons (Fsp3) is 0.410. The minimum Gasteiger partial charge on any atom is -0.508 e. The summed E-state index contributed by atoms with van der Waals surface area (Å²) in [6.45, 7) is 2.08. The van der Waals surface area contributed by atoms with Crippen LogP contribution in [0.3, 0.4) is 0 Å². The van der Waals surface area contributed by atoms with E-state index in [0.717, 1.165) is 32.0 Å². The molecule has 640 valence electrons. The van der Waals surface area contributed by atoms with E-state index in [9.17, 15) is 92.7 Å². The van der Waals surface area contributed by atoms with E-state index in [1.54, 1.807) is 24.3 Å². The van der Waals surface area contributed by atoms with Crippen molar-refractivity contribution in [1.29, 1.82) is 5.41 Å². The highest BCUT2D eigenvalue weighted by Gasteiger charge is 2.36. The number of aromatic hydroxyl groups is 1. The summed E-state index contributed by atoms with van der Waals surface area (Å²) in [4.78, 5) is 188. The molecule has 0 bridgehead atoms. The van der Waals surface area contributed by atoms with E-state index in [2.05, 4.69) is 74.0 Å². The summed E-state index contributed by atoms with van der Waals surface area (Å²) < 4.78 is 5.92. The summed E-state index contributed by atoms with van der Waals surface area (Å²) in [7, 11) is 3.85. The molecule has 0 unspecified atom stereocenters. The number of carboxylic acid groups (broad SMARTS) is 1. The van der Waals surface area contributed by atoms with Crippen LogP contribution >= 0.6 is 12.2 Å².